The number of carbonyl (C=O) groups is 2. The summed E-state index contributed by atoms with van der Waals surface area (Å²) in [4.78, 5) is 23.4. The van der Waals surface area contributed by atoms with Crippen molar-refractivity contribution >= 4 is 11.9 Å². The van der Waals surface area contributed by atoms with Crippen LogP contribution in [0.4, 0.5) is 4.39 Å². The van der Waals surface area contributed by atoms with Gasteiger partial charge in [-0.15, -0.1) is 0 Å². The lowest BCUT2D eigenvalue weighted by Gasteiger charge is -2.20. The Labute approximate surface area is 128 Å². The minimum atomic E-state index is -1.05. The molecule has 0 saturated heterocycles. The molecule has 2 N–H and O–H groups in total. The number of carboxylic acids is 1. The van der Waals surface area contributed by atoms with Gasteiger partial charge in [-0.1, -0.05) is 31.9 Å². The van der Waals surface area contributed by atoms with Gasteiger partial charge >= 0.3 is 5.97 Å². The highest BCUT2D eigenvalue weighted by Gasteiger charge is 2.32. The predicted molar refractivity (Wildman–Crippen MR) is 78.0 cm³/mol. The molecule has 0 bridgehead atoms. The zero-order valence-electron chi connectivity index (χ0n) is 12.4. The van der Waals surface area contributed by atoms with Gasteiger partial charge in [-0.2, -0.15) is 0 Å². The molecule has 0 radical (unpaired) electrons. The van der Waals surface area contributed by atoms with Gasteiger partial charge < -0.3 is 15.2 Å². The second kappa shape index (κ2) is 7.24. The molecule has 1 amide bonds. The normalized spacial score (nSPS) is 16.6. The van der Waals surface area contributed by atoms with Crippen LogP contribution in [0.5, 0.6) is 5.75 Å². The Morgan fingerprint density at radius 1 is 1.41 bits per heavy atom. The molecule has 2 unspecified atom stereocenters. The molecule has 1 aliphatic carbocycles. The van der Waals surface area contributed by atoms with E-state index in [-0.39, 0.29) is 5.75 Å². The van der Waals surface area contributed by atoms with Crippen LogP contribution in [0, 0.1) is 11.7 Å². The summed E-state index contributed by atoms with van der Waals surface area (Å²) in [6, 6.07) is 4.89. The van der Waals surface area contributed by atoms with Crippen LogP contribution in [-0.4, -0.2) is 29.1 Å². The molecular formula is C16H20FNO4. The van der Waals surface area contributed by atoms with Crippen molar-refractivity contribution in [1.82, 2.24) is 5.32 Å². The number of amides is 1. The van der Waals surface area contributed by atoms with Crippen LogP contribution in [0.2, 0.25) is 0 Å². The van der Waals surface area contributed by atoms with Crippen LogP contribution in [0.3, 0.4) is 0 Å². The molecule has 6 heteroatoms. The van der Waals surface area contributed by atoms with Crippen molar-refractivity contribution in [3.8, 4) is 5.75 Å². The van der Waals surface area contributed by atoms with Crippen LogP contribution >= 0.6 is 0 Å². The highest BCUT2D eigenvalue weighted by Crippen LogP contribution is 2.33. The first kappa shape index (κ1) is 16.3. The topological polar surface area (TPSA) is 75.6 Å². The number of ether oxygens (including phenoxy) is 1. The minimum absolute atomic E-state index is 0.0152. The summed E-state index contributed by atoms with van der Waals surface area (Å²) in [5.41, 5.74) is 0. The molecule has 120 valence electrons. The maximum atomic E-state index is 13.6. The number of aliphatic carboxylic acids is 1. The first-order valence-electron chi connectivity index (χ1n) is 7.45. The zero-order chi connectivity index (χ0) is 16.1. The van der Waals surface area contributed by atoms with Crippen molar-refractivity contribution in [3.05, 3.63) is 30.1 Å². The number of rotatable bonds is 8. The lowest BCUT2D eigenvalue weighted by Crippen LogP contribution is -2.47. The van der Waals surface area contributed by atoms with Crippen molar-refractivity contribution in [3.63, 3.8) is 0 Å². The molecule has 0 aliphatic heterocycles. The lowest BCUT2D eigenvalue weighted by molar-refractivity contribution is -0.143. The van der Waals surface area contributed by atoms with Crippen LogP contribution < -0.4 is 10.1 Å². The lowest BCUT2D eigenvalue weighted by atomic mass is 10.1. The van der Waals surface area contributed by atoms with Gasteiger partial charge in [-0.3, -0.25) is 4.79 Å². The summed E-state index contributed by atoms with van der Waals surface area (Å²) < 4.78 is 18.9. The zero-order valence-corrected chi connectivity index (χ0v) is 12.4. The van der Waals surface area contributed by atoms with Crippen LogP contribution in [0.1, 0.15) is 32.6 Å². The number of halogens is 1. The van der Waals surface area contributed by atoms with Crippen LogP contribution in [0.15, 0.2) is 24.3 Å². The molecule has 2 rings (SSSR count). The van der Waals surface area contributed by atoms with Crippen molar-refractivity contribution in [2.24, 2.45) is 5.92 Å². The number of para-hydroxylation sites is 1. The summed E-state index contributed by atoms with van der Waals surface area (Å²) in [7, 11) is 0. The fourth-order valence-electron chi connectivity index (χ4n) is 2.19. The molecule has 2 atom stereocenters. The Morgan fingerprint density at radius 2 is 2.09 bits per heavy atom. The van der Waals surface area contributed by atoms with Gasteiger partial charge in [-0.05, 0) is 30.9 Å². The summed E-state index contributed by atoms with van der Waals surface area (Å²) in [6.45, 7) is 1.72. The van der Waals surface area contributed by atoms with Gasteiger partial charge in [-0.25, -0.2) is 9.18 Å². The number of hydrogen-bond donors (Lipinski definition) is 2. The third-order valence-corrected chi connectivity index (χ3v) is 3.65. The van der Waals surface area contributed by atoms with E-state index >= 15 is 0 Å². The molecule has 1 saturated carbocycles. The molecule has 1 aromatic carbocycles. The Hall–Kier alpha value is -2.11. The average molecular weight is 309 g/mol. The number of hydrogen-bond acceptors (Lipinski definition) is 3. The van der Waals surface area contributed by atoms with E-state index in [9.17, 15) is 19.1 Å². The molecule has 1 aromatic rings. The highest BCUT2D eigenvalue weighted by molar-refractivity contribution is 5.86. The second-order valence-electron chi connectivity index (χ2n) is 5.52. The van der Waals surface area contributed by atoms with E-state index in [1.54, 1.807) is 13.0 Å². The SMILES string of the molecule is CCC(Oc1ccccc1F)C(=O)NC(CC1CC1)C(=O)O. The maximum Gasteiger partial charge on any atom is 0.326 e. The van der Waals surface area contributed by atoms with Gasteiger partial charge in [0.1, 0.15) is 6.04 Å². The standard InChI is InChI=1S/C16H20FNO4/c1-2-13(22-14-6-4-3-5-11(14)17)15(19)18-12(16(20)21)9-10-7-8-10/h3-6,10,12-13H,2,7-9H2,1H3,(H,18,19)(H,20,21). The van der Waals surface area contributed by atoms with Gasteiger partial charge in [0.05, 0.1) is 0 Å². The summed E-state index contributed by atoms with van der Waals surface area (Å²) >= 11 is 0. The van der Waals surface area contributed by atoms with Gasteiger partial charge in [0, 0.05) is 0 Å². The Kier molecular flexibility index (Phi) is 5.35. The van der Waals surface area contributed by atoms with Crippen molar-refractivity contribution in [2.45, 2.75) is 44.8 Å². The quantitative estimate of drug-likeness (QED) is 0.773. The summed E-state index contributed by atoms with van der Waals surface area (Å²) in [5.74, 6) is -1.78. The van der Waals surface area contributed by atoms with E-state index in [0.717, 1.165) is 12.8 Å². The van der Waals surface area contributed by atoms with Gasteiger partial charge in [0.15, 0.2) is 17.7 Å². The van der Waals surface area contributed by atoms with E-state index in [2.05, 4.69) is 5.32 Å². The van der Waals surface area contributed by atoms with Gasteiger partial charge in [0.2, 0.25) is 0 Å². The van der Waals surface area contributed by atoms with Crippen molar-refractivity contribution in [2.75, 3.05) is 0 Å². The van der Waals surface area contributed by atoms with Crippen LogP contribution in [-0.2, 0) is 9.59 Å². The van der Waals surface area contributed by atoms with Gasteiger partial charge in [0.25, 0.3) is 5.91 Å². The molecule has 0 spiro atoms. The number of benzene rings is 1. The smallest absolute Gasteiger partial charge is 0.326 e. The predicted octanol–water partition coefficient (Wildman–Crippen LogP) is 2.35. The third kappa shape index (κ3) is 4.44. The first-order chi connectivity index (χ1) is 10.5. The molecule has 1 fully saturated rings. The number of carbonyl (C=O) groups excluding carboxylic acids is 1. The van der Waals surface area contributed by atoms with Crippen molar-refractivity contribution < 1.29 is 23.8 Å². The van der Waals surface area contributed by atoms with E-state index in [1.807, 2.05) is 0 Å². The maximum absolute atomic E-state index is 13.6. The monoisotopic (exact) mass is 309 g/mol. The molecule has 0 heterocycles. The number of nitrogens with one attached hydrogen (secondary N) is 1. The minimum Gasteiger partial charge on any atom is -0.480 e. The fourth-order valence-corrected chi connectivity index (χ4v) is 2.19. The Bertz CT molecular complexity index is 545. The molecule has 0 aromatic heterocycles. The Balaban J connectivity index is 1.98. The molecule has 1 aliphatic rings. The highest BCUT2D eigenvalue weighted by atomic mass is 19.1. The molecular weight excluding hydrogens is 289 g/mol. The second-order valence-corrected chi connectivity index (χ2v) is 5.52. The number of carboxylic acid groups (broad SMARTS) is 1. The molecule has 22 heavy (non-hydrogen) atoms. The summed E-state index contributed by atoms with van der Waals surface area (Å²) in [6.07, 6.45) is 1.83. The van der Waals surface area contributed by atoms with Crippen LogP contribution in [0.25, 0.3) is 0 Å². The van der Waals surface area contributed by atoms with E-state index in [4.69, 9.17) is 4.74 Å². The summed E-state index contributed by atoms with van der Waals surface area (Å²) in [5, 5.41) is 11.7. The third-order valence-electron chi connectivity index (χ3n) is 3.65. The average Bonchev–Trinajstić information content (AvgIpc) is 3.29. The van der Waals surface area contributed by atoms with E-state index in [1.165, 1.54) is 18.2 Å². The first-order valence-corrected chi connectivity index (χ1v) is 7.45. The molecule has 5 nitrogen and oxygen atoms in total. The largest absolute Gasteiger partial charge is 0.480 e. The Morgan fingerprint density at radius 3 is 2.64 bits per heavy atom. The fraction of sp³-hybridized carbons (Fsp3) is 0.500. The van der Waals surface area contributed by atoms with E-state index in [0.29, 0.717) is 18.8 Å². The van der Waals surface area contributed by atoms with Crippen molar-refractivity contribution in [1.29, 1.82) is 0 Å². The van der Waals surface area contributed by atoms with E-state index < -0.39 is 29.8 Å².